The van der Waals surface area contributed by atoms with E-state index >= 15 is 0 Å². The second-order valence-electron chi connectivity index (χ2n) is 4.40. The zero-order chi connectivity index (χ0) is 15.7. The third-order valence-electron chi connectivity index (χ3n) is 3.06. The van der Waals surface area contributed by atoms with Crippen LogP contribution in [0.4, 0.5) is 15.9 Å². The lowest BCUT2D eigenvalue weighted by Gasteiger charge is -2.11. The Balaban J connectivity index is 2.53. The summed E-state index contributed by atoms with van der Waals surface area (Å²) < 4.78 is 15.2. The van der Waals surface area contributed by atoms with E-state index in [0.29, 0.717) is 0 Å². The van der Waals surface area contributed by atoms with Crippen LogP contribution in [0.1, 0.15) is 10.4 Å². The molecule has 0 aliphatic carbocycles. The van der Waals surface area contributed by atoms with Crippen molar-refractivity contribution in [2.45, 2.75) is 0 Å². The zero-order valence-electron chi connectivity index (χ0n) is 11.4. The maximum atomic E-state index is 13.5. The third-order valence-corrected chi connectivity index (χ3v) is 3.06. The topological polar surface area (TPSA) is 99.1 Å². The number of nitrogens with two attached hydrogens (primary N) is 1. The maximum Gasteiger partial charge on any atom is 0.332 e. The van der Waals surface area contributed by atoms with Crippen LogP contribution in [0.3, 0.4) is 0 Å². The molecular formula is C13H13FN4O3. The lowest BCUT2D eigenvalue weighted by atomic mass is 10.2. The molecule has 0 spiro atoms. The predicted molar refractivity (Wildman–Crippen MR) is 75.7 cm³/mol. The van der Waals surface area contributed by atoms with E-state index in [0.717, 1.165) is 15.2 Å². The molecule has 0 saturated carbocycles. The quantitative estimate of drug-likeness (QED) is 0.817. The van der Waals surface area contributed by atoms with Gasteiger partial charge in [0, 0.05) is 14.1 Å². The van der Waals surface area contributed by atoms with E-state index in [1.807, 2.05) is 0 Å². The van der Waals surface area contributed by atoms with E-state index in [4.69, 9.17) is 5.73 Å². The Morgan fingerprint density at radius 2 is 1.81 bits per heavy atom. The molecule has 1 heterocycles. The van der Waals surface area contributed by atoms with Gasteiger partial charge >= 0.3 is 5.69 Å². The van der Waals surface area contributed by atoms with Crippen LogP contribution in [0.5, 0.6) is 0 Å². The van der Waals surface area contributed by atoms with Crippen LogP contribution < -0.4 is 22.3 Å². The molecule has 0 radical (unpaired) electrons. The highest BCUT2D eigenvalue weighted by atomic mass is 19.1. The standard InChI is InChI=1S/C13H13FN4O3/c1-17-10(15)9(12(20)18(2)13(17)21)11(19)16-8-6-4-3-5-7(8)14/h3-6H,15H2,1-2H3,(H,16,19). The second kappa shape index (κ2) is 5.23. The lowest BCUT2D eigenvalue weighted by molar-refractivity contribution is 0.102. The summed E-state index contributed by atoms with van der Waals surface area (Å²) in [4.78, 5) is 35.8. The van der Waals surface area contributed by atoms with Gasteiger partial charge in [0.1, 0.15) is 17.2 Å². The van der Waals surface area contributed by atoms with Gasteiger partial charge in [-0.1, -0.05) is 12.1 Å². The molecule has 2 rings (SSSR count). The molecule has 1 aromatic carbocycles. The van der Waals surface area contributed by atoms with Gasteiger partial charge in [-0.3, -0.25) is 18.7 Å². The Labute approximate surface area is 118 Å². The van der Waals surface area contributed by atoms with Gasteiger partial charge in [-0.25, -0.2) is 9.18 Å². The molecule has 0 fully saturated rings. The van der Waals surface area contributed by atoms with Gasteiger partial charge in [0.05, 0.1) is 5.69 Å². The molecule has 1 aromatic heterocycles. The van der Waals surface area contributed by atoms with Gasteiger partial charge < -0.3 is 11.1 Å². The summed E-state index contributed by atoms with van der Waals surface area (Å²) in [5.41, 5.74) is 3.65. The van der Waals surface area contributed by atoms with Gasteiger partial charge in [0.25, 0.3) is 11.5 Å². The number of hydrogen-bond acceptors (Lipinski definition) is 4. The van der Waals surface area contributed by atoms with Crippen LogP contribution in [0.15, 0.2) is 33.9 Å². The fourth-order valence-corrected chi connectivity index (χ4v) is 1.82. The maximum absolute atomic E-state index is 13.5. The van der Waals surface area contributed by atoms with Gasteiger partial charge in [0.15, 0.2) is 0 Å². The molecule has 3 N–H and O–H groups in total. The van der Waals surface area contributed by atoms with E-state index in [9.17, 15) is 18.8 Å². The number of nitrogens with zero attached hydrogens (tertiary/aromatic N) is 2. The fraction of sp³-hybridized carbons (Fsp3) is 0.154. The van der Waals surface area contributed by atoms with Crippen LogP contribution >= 0.6 is 0 Å². The summed E-state index contributed by atoms with van der Waals surface area (Å²) in [6.45, 7) is 0. The van der Waals surface area contributed by atoms with E-state index < -0.39 is 28.5 Å². The average Bonchev–Trinajstić information content (AvgIpc) is 2.46. The monoisotopic (exact) mass is 292 g/mol. The smallest absolute Gasteiger partial charge is 0.332 e. The van der Waals surface area contributed by atoms with Crippen molar-refractivity contribution < 1.29 is 9.18 Å². The molecule has 2 aromatic rings. The van der Waals surface area contributed by atoms with Crippen molar-refractivity contribution >= 4 is 17.4 Å². The molecule has 110 valence electrons. The van der Waals surface area contributed by atoms with Gasteiger partial charge in [0.2, 0.25) is 0 Å². The van der Waals surface area contributed by atoms with Crippen molar-refractivity contribution in [1.82, 2.24) is 9.13 Å². The third kappa shape index (κ3) is 2.42. The Kier molecular flexibility index (Phi) is 3.62. The highest BCUT2D eigenvalue weighted by Crippen LogP contribution is 2.14. The van der Waals surface area contributed by atoms with Crippen LogP contribution in [-0.4, -0.2) is 15.0 Å². The number of rotatable bonds is 2. The largest absolute Gasteiger partial charge is 0.384 e. The average molecular weight is 292 g/mol. The highest BCUT2D eigenvalue weighted by Gasteiger charge is 2.20. The number of para-hydroxylation sites is 1. The minimum Gasteiger partial charge on any atom is -0.384 e. The van der Waals surface area contributed by atoms with Crippen LogP contribution in [-0.2, 0) is 14.1 Å². The van der Waals surface area contributed by atoms with Crippen LogP contribution in [0.2, 0.25) is 0 Å². The first-order valence-electron chi connectivity index (χ1n) is 5.96. The van der Waals surface area contributed by atoms with Crippen molar-refractivity contribution in [2.24, 2.45) is 14.1 Å². The van der Waals surface area contributed by atoms with E-state index in [-0.39, 0.29) is 11.5 Å². The molecular weight excluding hydrogens is 279 g/mol. The summed E-state index contributed by atoms with van der Waals surface area (Å²) in [5.74, 6) is -1.81. The number of benzene rings is 1. The Morgan fingerprint density at radius 1 is 1.19 bits per heavy atom. The Morgan fingerprint density at radius 3 is 2.43 bits per heavy atom. The van der Waals surface area contributed by atoms with Crippen molar-refractivity contribution in [3.8, 4) is 0 Å². The summed E-state index contributed by atoms with van der Waals surface area (Å²) in [7, 11) is 2.56. The minimum absolute atomic E-state index is 0.0854. The van der Waals surface area contributed by atoms with Gasteiger partial charge in [-0.05, 0) is 12.1 Å². The van der Waals surface area contributed by atoms with Crippen LogP contribution in [0.25, 0.3) is 0 Å². The SMILES string of the molecule is Cn1c(N)c(C(=O)Nc2ccccc2F)c(=O)n(C)c1=O. The highest BCUT2D eigenvalue weighted by molar-refractivity contribution is 6.07. The second-order valence-corrected chi connectivity index (χ2v) is 4.40. The molecule has 21 heavy (non-hydrogen) atoms. The molecule has 8 heteroatoms. The van der Waals surface area contributed by atoms with E-state index in [2.05, 4.69) is 5.32 Å². The fourth-order valence-electron chi connectivity index (χ4n) is 1.82. The lowest BCUT2D eigenvalue weighted by Crippen LogP contribution is -2.42. The Hall–Kier alpha value is -2.90. The van der Waals surface area contributed by atoms with Gasteiger partial charge in [-0.15, -0.1) is 0 Å². The minimum atomic E-state index is -0.881. The normalized spacial score (nSPS) is 10.4. The molecule has 0 bridgehead atoms. The number of nitrogens with one attached hydrogen (secondary N) is 1. The van der Waals surface area contributed by atoms with Crippen molar-refractivity contribution in [3.05, 3.63) is 56.5 Å². The number of carbonyl (C=O) groups is 1. The van der Waals surface area contributed by atoms with Crippen molar-refractivity contribution in [2.75, 3.05) is 11.1 Å². The Bertz CT molecular complexity index is 838. The number of hydrogen-bond donors (Lipinski definition) is 2. The van der Waals surface area contributed by atoms with E-state index in [1.165, 1.54) is 32.3 Å². The molecule has 0 atom stereocenters. The first kappa shape index (κ1) is 14.5. The van der Waals surface area contributed by atoms with Gasteiger partial charge in [-0.2, -0.15) is 0 Å². The summed E-state index contributed by atoms with van der Waals surface area (Å²) in [6.07, 6.45) is 0. The van der Waals surface area contributed by atoms with Crippen molar-refractivity contribution in [1.29, 1.82) is 0 Å². The van der Waals surface area contributed by atoms with Crippen LogP contribution in [0, 0.1) is 5.82 Å². The first-order chi connectivity index (χ1) is 9.84. The molecule has 0 saturated heterocycles. The number of amides is 1. The first-order valence-corrected chi connectivity index (χ1v) is 5.96. The van der Waals surface area contributed by atoms with Crippen molar-refractivity contribution in [3.63, 3.8) is 0 Å². The molecule has 0 aliphatic heterocycles. The molecule has 7 nitrogen and oxygen atoms in total. The number of halogens is 1. The summed E-state index contributed by atoms with van der Waals surface area (Å²) >= 11 is 0. The zero-order valence-corrected chi connectivity index (χ0v) is 11.4. The number of anilines is 2. The molecule has 1 amide bonds. The number of nitrogen functional groups attached to an aromatic ring is 1. The summed E-state index contributed by atoms with van der Waals surface area (Å²) in [6, 6.07) is 5.50. The predicted octanol–water partition coefficient (Wildman–Crippen LogP) is 0.0576. The number of aromatic nitrogens is 2. The molecule has 0 aliphatic rings. The van der Waals surface area contributed by atoms with E-state index in [1.54, 1.807) is 0 Å². The summed E-state index contributed by atoms with van der Waals surface area (Å²) in [5, 5.41) is 2.26. The molecule has 0 unspecified atom stereocenters. The number of carbonyl (C=O) groups excluding carboxylic acids is 1.